The van der Waals surface area contributed by atoms with Crippen molar-refractivity contribution < 1.29 is 4.79 Å². The summed E-state index contributed by atoms with van der Waals surface area (Å²) in [7, 11) is 0. The summed E-state index contributed by atoms with van der Waals surface area (Å²) in [4.78, 5) is 14.6. The van der Waals surface area contributed by atoms with E-state index in [4.69, 9.17) is 0 Å². The molecule has 0 saturated carbocycles. The highest BCUT2D eigenvalue weighted by Gasteiger charge is 2.10. The second-order valence-corrected chi connectivity index (χ2v) is 5.94. The van der Waals surface area contributed by atoms with Gasteiger partial charge in [-0.3, -0.25) is 4.79 Å². The molecule has 1 aromatic carbocycles. The van der Waals surface area contributed by atoms with Gasteiger partial charge in [-0.25, -0.2) is 0 Å². The molecule has 1 N–H and O–H groups in total. The largest absolute Gasteiger partial charge is 0.351 e. The lowest BCUT2D eigenvalue weighted by atomic mass is 9.96. The van der Waals surface area contributed by atoms with Crippen LogP contribution in [0.4, 0.5) is 0 Å². The third-order valence-corrected chi connectivity index (χ3v) is 4.26. The van der Waals surface area contributed by atoms with Crippen molar-refractivity contribution in [1.82, 2.24) is 10.2 Å². The number of likely N-dealkylation sites (N-methyl/N-ethyl adjacent to an activating group) is 1. The van der Waals surface area contributed by atoms with Crippen molar-refractivity contribution in [2.45, 2.75) is 41.5 Å². The number of hydrogen-bond acceptors (Lipinski definition) is 2. The fourth-order valence-corrected chi connectivity index (χ4v) is 2.41. The third kappa shape index (κ3) is 4.99. The molecule has 0 aliphatic heterocycles. The number of aryl methyl sites for hydroxylation is 1. The Hall–Kier alpha value is -1.61. The summed E-state index contributed by atoms with van der Waals surface area (Å²) in [5, 5.41) is 3.02. The number of carbonyl (C=O) groups is 1. The molecule has 0 bridgehead atoms. The number of benzene rings is 1. The Bertz CT molecular complexity index is 538. The minimum absolute atomic E-state index is 0.00922. The Morgan fingerprint density at radius 2 is 1.77 bits per heavy atom. The van der Waals surface area contributed by atoms with E-state index in [-0.39, 0.29) is 5.91 Å². The van der Waals surface area contributed by atoms with Crippen LogP contribution in [0, 0.1) is 6.92 Å². The smallest absolute Gasteiger partial charge is 0.251 e. The number of nitrogens with zero attached hydrogens (tertiary/aromatic N) is 1. The molecule has 0 fully saturated rings. The second kappa shape index (κ2) is 8.74. The molecule has 0 saturated heterocycles. The molecule has 3 nitrogen and oxygen atoms in total. The topological polar surface area (TPSA) is 32.3 Å². The van der Waals surface area contributed by atoms with Crippen LogP contribution in [0.3, 0.4) is 0 Å². The van der Waals surface area contributed by atoms with Gasteiger partial charge in [0.1, 0.15) is 0 Å². The van der Waals surface area contributed by atoms with E-state index >= 15 is 0 Å². The van der Waals surface area contributed by atoms with Crippen molar-refractivity contribution in [3.8, 4) is 0 Å². The lowest BCUT2D eigenvalue weighted by Gasteiger charge is -2.18. The first kappa shape index (κ1) is 18.4. The molecule has 122 valence electrons. The molecule has 0 aliphatic rings. The predicted molar refractivity (Wildman–Crippen MR) is 95.2 cm³/mol. The number of rotatable bonds is 7. The summed E-state index contributed by atoms with van der Waals surface area (Å²) < 4.78 is 0. The Kier molecular flexibility index (Phi) is 7.33. The number of amides is 1. The molecule has 1 amide bonds. The van der Waals surface area contributed by atoms with Crippen LogP contribution in [0.2, 0.25) is 0 Å². The molecule has 0 atom stereocenters. The van der Waals surface area contributed by atoms with Gasteiger partial charge in [-0.15, -0.1) is 0 Å². The molecule has 0 spiro atoms. The number of hydrogen-bond donors (Lipinski definition) is 1. The molecule has 0 radical (unpaired) electrons. The summed E-state index contributed by atoms with van der Waals surface area (Å²) in [6.45, 7) is 16.3. The Morgan fingerprint density at radius 1 is 1.14 bits per heavy atom. The summed E-state index contributed by atoms with van der Waals surface area (Å²) >= 11 is 0. The fourth-order valence-electron chi connectivity index (χ4n) is 2.41. The lowest BCUT2D eigenvalue weighted by Crippen LogP contribution is -2.34. The Labute approximate surface area is 135 Å². The van der Waals surface area contributed by atoms with E-state index in [2.05, 4.69) is 51.8 Å². The van der Waals surface area contributed by atoms with Gasteiger partial charge >= 0.3 is 0 Å². The first-order valence-electron chi connectivity index (χ1n) is 8.16. The van der Waals surface area contributed by atoms with Gasteiger partial charge in [0.2, 0.25) is 0 Å². The molecule has 1 aromatic rings. The van der Waals surface area contributed by atoms with Crippen LogP contribution >= 0.6 is 0 Å². The van der Waals surface area contributed by atoms with Crippen molar-refractivity contribution in [2.75, 3.05) is 26.2 Å². The number of carbonyl (C=O) groups excluding carboxylic acids is 1. The van der Waals surface area contributed by atoms with Crippen molar-refractivity contribution in [3.63, 3.8) is 0 Å². The van der Waals surface area contributed by atoms with Gasteiger partial charge in [-0.1, -0.05) is 25.5 Å². The highest BCUT2D eigenvalue weighted by Crippen LogP contribution is 2.22. The lowest BCUT2D eigenvalue weighted by molar-refractivity contribution is 0.0949. The number of allylic oxidation sites excluding steroid dienone is 2. The van der Waals surface area contributed by atoms with Crippen LogP contribution in [-0.4, -0.2) is 37.0 Å². The molecule has 22 heavy (non-hydrogen) atoms. The molecule has 0 aliphatic carbocycles. The molecular formula is C19H30N2O. The fraction of sp³-hybridized carbons (Fsp3) is 0.526. The summed E-state index contributed by atoms with van der Waals surface area (Å²) in [5.41, 5.74) is 5.63. The first-order chi connectivity index (χ1) is 10.4. The van der Waals surface area contributed by atoms with Crippen LogP contribution < -0.4 is 5.32 Å². The van der Waals surface area contributed by atoms with Crippen LogP contribution in [0.1, 0.15) is 56.1 Å². The van der Waals surface area contributed by atoms with Crippen LogP contribution in [0.5, 0.6) is 0 Å². The zero-order chi connectivity index (χ0) is 16.7. The normalized spacial score (nSPS) is 10.7. The van der Waals surface area contributed by atoms with Gasteiger partial charge in [0.05, 0.1) is 0 Å². The van der Waals surface area contributed by atoms with E-state index in [1.165, 1.54) is 16.7 Å². The van der Waals surface area contributed by atoms with Crippen molar-refractivity contribution >= 4 is 11.5 Å². The van der Waals surface area contributed by atoms with Crippen LogP contribution in [0.25, 0.3) is 5.57 Å². The molecule has 3 heteroatoms. The average Bonchev–Trinajstić information content (AvgIpc) is 2.51. The van der Waals surface area contributed by atoms with E-state index < -0.39 is 0 Å². The van der Waals surface area contributed by atoms with E-state index in [1.54, 1.807) is 0 Å². The maximum Gasteiger partial charge on any atom is 0.251 e. The minimum Gasteiger partial charge on any atom is -0.351 e. The zero-order valence-corrected chi connectivity index (χ0v) is 14.9. The summed E-state index contributed by atoms with van der Waals surface area (Å²) in [5.74, 6) is 0.00922. The van der Waals surface area contributed by atoms with E-state index in [1.807, 2.05) is 18.2 Å². The molecule has 0 unspecified atom stereocenters. The summed E-state index contributed by atoms with van der Waals surface area (Å²) in [6.07, 6.45) is 0. The first-order valence-corrected chi connectivity index (χ1v) is 8.16. The van der Waals surface area contributed by atoms with Crippen molar-refractivity contribution in [3.05, 3.63) is 40.5 Å². The third-order valence-electron chi connectivity index (χ3n) is 4.26. The van der Waals surface area contributed by atoms with Gasteiger partial charge in [0.25, 0.3) is 5.91 Å². The van der Waals surface area contributed by atoms with Crippen LogP contribution in [0.15, 0.2) is 23.8 Å². The number of nitrogens with one attached hydrogen (secondary N) is 1. The van der Waals surface area contributed by atoms with Gasteiger partial charge in [0, 0.05) is 18.7 Å². The van der Waals surface area contributed by atoms with Gasteiger partial charge < -0.3 is 10.2 Å². The maximum absolute atomic E-state index is 12.3. The van der Waals surface area contributed by atoms with E-state index in [0.29, 0.717) is 6.54 Å². The SMILES string of the molecule is CCN(CC)CCNC(=O)c1ccc(C)c(C(C)=C(C)C)c1. The van der Waals surface area contributed by atoms with Gasteiger partial charge in [-0.05, 0) is 69.6 Å². The molecule has 1 rings (SSSR count). The molecule has 0 heterocycles. The molecule has 0 aromatic heterocycles. The Balaban J connectivity index is 2.79. The minimum atomic E-state index is 0.00922. The summed E-state index contributed by atoms with van der Waals surface area (Å²) in [6, 6.07) is 5.94. The van der Waals surface area contributed by atoms with Gasteiger partial charge in [0.15, 0.2) is 0 Å². The molecular weight excluding hydrogens is 272 g/mol. The highest BCUT2D eigenvalue weighted by molar-refractivity contribution is 5.95. The maximum atomic E-state index is 12.3. The van der Waals surface area contributed by atoms with Crippen LogP contribution in [-0.2, 0) is 0 Å². The van der Waals surface area contributed by atoms with Gasteiger partial charge in [-0.2, -0.15) is 0 Å². The quantitative estimate of drug-likeness (QED) is 0.829. The second-order valence-electron chi connectivity index (χ2n) is 5.94. The van der Waals surface area contributed by atoms with Crippen molar-refractivity contribution in [2.24, 2.45) is 0 Å². The van der Waals surface area contributed by atoms with E-state index in [9.17, 15) is 4.79 Å². The van der Waals surface area contributed by atoms with Crippen molar-refractivity contribution in [1.29, 1.82) is 0 Å². The highest BCUT2D eigenvalue weighted by atomic mass is 16.1. The average molecular weight is 302 g/mol. The standard InChI is InChI=1S/C19H30N2O/c1-7-21(8-2)12-11-20-19(22)17-10-9-15(5)18(13-17)16(6)14(3)4/h9-10,13H,7-8,11-12H2,1-6H3,(H,20,22). The predicted octanol–water partition coefficient (Wildman–Crippen LogP) is 3.88. The monoisotopic (exact) mass is 302 g/mol. The Morgan fingerprint density at radius 3 is 2.32 bits per heavy atom. The van der Waals surface area contributed by atoms with E-state index in [0.717, 1.165) is 30.8 Å². The zero-order valence-electron chi connectivity index (χ0n) is 14.9.